The molecule has 0 spiro atoms. The van der Waals surface area contributed by atoms with Crippen molar-refractivity contribution in [3.8, 4) is 11.5 Å². The fourth-order valence-corrected chi connectivity index (χ4v) is 1.59. The zero-order valence-corrected chi connectivity index (χ0v) is 9.72. The van der Waals surface area contributed by atoms with Gasteiger partial charge in [0.2, 0.25) is 0 Å². The quantitative estimate of drug-likeness (QED) is 0.820. The Morgan fingerprint density at radius 3 is 2.29 bits per heavy atom. The molecule has 2 N–H and O–H groups in total. The summed E-state index contributed by atoms with van der Waals surface area (Å²) < 4.78 is 10.9. The van der Waals surface area contributed by atoms with Gasteiger partial charge in [0.15, 0.2) is 0 Å². The standard InChI is InChI=1S/C14H15NO2/c1-16-13-8-4-2-6-11(13)10-17-14-9-5-3-7-12(14)15/h2-9H,10,15H2,1H3. The van der Waals surface area contributed by atoms with E-state index in [1.807, 2.05) is 48.5 Å². The Morgan fingerprint density at radius 1 is 0.941 bits per heavy atom. The number of nitrogens with two attached hydrogens (primary N) is 1. The van der Waals surface area contributed by atoms with Crippen LogP contribution in [0.5, 0.6) is 11.5 Å². The zero-order valence-electron chi connectivity index (χ0n) is 9.72. The van der Waals surface area contributed by atoms with Gasteiger partial charge in [0.25, 0.3) is 0 Å². The van der Waals surface area contributed by atoms with Gasteiger partial charge in [-0.1, -0.05) is 30.3 Å². The fourth-order valence-electron chi connectivity index (χ4n) is 1.59. The molecule has 2 aromatic carbocycles. The average Bonchev–Trinajstić information content (AvgIpc) is 2.38. The van der Waals surface area contributed by atoms with Gasteiger partial charge in [0.05, 0.1) is 12.8 Å². The van der Waals surface area contributed by atoms with Crippen molar-refractivity contribution in [2.24, 2.45) is 0 Å². The highest BCUT2D eigenvalue weighted by atomic mass is 16.5. The Kier molecular flexibility index (Phi) is 3.50. The largest absolute Gasteiger partial charge is 0.496 e. The van der Waals surface area contributed by atoms with E-state index < -0.39 is 0 Å². The maximum atomic E-state index is 5.80. The highest BCUT2D eigenvalue weighted by molar-refractivity contribution is 5.51. The Morgan fingerprint density at radius 2 is 1.59 bits per heavy atom. The van der Waals surface area contributed by atoms with Gasteiger partial charge in [-0.3, -0.25) is 0 Å². The zero-order chi connectivity index (χ0) is 12.1. The van der Waals surface area contributed by atoms with Gasteiger partial charge in [0, 0.05) is 5.56 Å². The number of hydrogen-bond donors (Lipinski definition) is 1. The maximum Gasteiger partial charge on any atom is 0.142 e. The van der Waals surface area contributed by atoms with Crippen molar-refractivity contribution in [3.63, 3.8) is 0 Å². The van der Waals surface area contributed by atoms with Crippen LogP contribution in [0.15, 0.2) is 48.5 Å². The van der Waals surface area contributed by atoms with Crippen LogP contribution in [0.4, 0.5) is 5.69 Å². The van der Waals surface area contributed by atoms with E-state index in [1.165, 1.54) is 0 Å². The lowest BCUT2D eigenvalue weighted by Gasteiger charge is -2.11. The van der Waals surface area contributed by atoms with E-state index in [0.29, 0.717) is 18.0 Å². The summed E-state index contributed by atoms with van der Waals surface area (Å²) >= 11 is 0. The minimum absolute atomic E-state index is 0.443. The average molecular weight is 229 g/mol. The molecule has 3 nitrogen and oxygen atoms in total. The third-order valence-electron chi connectivity index (χ3n) is 2.49. The second-order valence-electron chi connectivity index (χ2n) is 3.64. The normalized spacial score (nSPS) is 9.94. The van der Waals surface area contributed by atoms with Crippen LogP contribution < -0.4 is 15.2 Å². The SMILES string of the molecule is COc1ccccc1COc1ccccc1N. The summed E-state index contributed by atoms with van der Waals surface area (Å²) in [7, 11) is 1.65. The molecule has 88 valence electrons. The summed E-state index contributed by atoms with van der Waals surface area (Å²) in [6.45, 7) is 0.443. The lowest BCUT2D eigenvalue weighted by Crippen LogP contribution is -2.00. The van der Waals surface area contributed by atoms with Gasteiger partial charge in [-0.05, 0) is 18.2 Å². The minimum Gasteiger partial charge on any atom is -0.496 e. The van der Waals surface area contributed by atoms with Crippen LogP contribution in [0.25, 0.3) is 0 Å². The first kappa shape index (κ1) is 11.3. The van der Waals surface area contributed by atoms with E-state index in [9.17, 15) is 0 Å². The van der Waals surface area contributed by atoms with Crippen LogP contribution in [0.2, 0.25) is 0 Å². The monoisotopic (exact) mass is 229 g/mol. The van der Waals surface area contributed by atoms with Crippen LogP contribution in [0.3, 0.4) is 0 Å². The van der Waals surface area contributed by atoms with E-state index in [-0.39, 0.29) is 0 Å². The van der Waals surface area contributed by atoms with E-state index >= 15 is 0 Å². The van der Waals surface area contributed by atoms with Gasteiger partial charge in [0.1, 0.15) is 18.1 Å². The molecular weight excluding hydrogens is 214 g/mol. The molecule has 0 aliphatic carbocycles. The predicted molar refractivity (Wildman–Crippen MR) is 68.2 cm³/mol. The fraction of sp³-hybridized carbons (Fsp3) is 0.143. The molecule has 0 aliphatic rings. The Balaban J connectivity index is 2.10. The van der Waals surface area contributed by atoms with Crippen molar-refractivity contribution in [3.05, 3.63) is 54.1 Å². The number of methoxy groups -OCH3 is 1. The molecule has 0 aromatic heterocycles. The lowest BCUT2D eigenvalue weighted by molar-refractivity contribution is 0.298. The van der Waals surface area contributed by atoms with Gasteiger partial charge in [-0.15, -0.1) is 0 Å². The van der Waals surface area contributed by atoms with E-state index in [2.05, 4.69) is 0 Å². The molecule has 0 heterocycles. The highest BCUT2D eigenvalue weighted by Crippen LogP contribution is 2.23. The van der Waals surface area contributed by atoms with Crippen molar-refractivity contribution >= 4 is 5.69 Å². The number of benzene rings is 2. The molecular formula is C14H15NO2. The minimum atomic E-state index is 0.443. The predicted octanol–water partition coefficient (Wildman–Crippen LogP) is 2.86. The summed E-state index contributed by atoms with van der Waals surface area (Å²) in [5.74, 6) is 1.51. The number of hydrogen-bond acceptors (Lipinski definition) is 3. The molecule has 0 bridgehead atoms. The van der Waals surface area contributed by atoms with Crippen LogP contribution in [-0.4, -0.2) is 7.11 Å². The van der Waals surface area contributed by atoms with Crippen LogP contribution in [-0.2, 0) is 6.61 Å². The van der Waals surface area contributed by atoms with Gasteiger partial charge >= 0.3 is 0 Å². The molecule has 0 atom stereocenters. The number of ether oxygens (including phenoxy) is 2. The molecule has 2 aromatic rings. The number of anilines is 1. The molecule has 0 amide bonds. The molecule has 0 aliphatic heterocycles. The molecule has 0 fully saturated rings. The Hall–Kier alpha value is -2.16. The summed E-state index contributed by atoms with van der Waals surface area (Å²) in [5.41, 5.74) is 7.44. The molecule has 17 heavy (non-hydrogen) atoms. The first-order valence-electron chi connectivity index (χ1n) is 5.40. The summed E-state index contributed by atoms with van der Waals surface area (Å²) in [6.07, 6.45) is 0. The maximum absolute atomic E-state index is 5.80. The van der Waals surface area contributed by atoms with Crippen LogP contribution >= 0.6 is 0 Å². The van der Waals surface area contributed by atoms with Crippen LogP contribution in [0, 0.1) is 0 Å². The second kappa shape index (κ2) is 5.25. The van der Waals surface area contributed by atoms with E-state index in [1.54, 1.807) is 7.11 Å². The number of nitrogen functional groups attached to an aromatic ring is 1. The number of rotatable bonds is 4. The van der Waals surface area contributed by atoms with Gasteiger partial charge in [-0.25, -0.2) is 0 Å². The molecule has 0 radical (unpaired) electrons. The summed E-state index contributed by atoms with van der Waals surface area (Å²) in [4.78, 5) is 0. The molecule has 2 rings (SSSR count). The lowest BCUT2D eigenvalue weighted by atomic mass is 10.2. The van der Waals surface area contributed by atoms with Gasteiger partial charge < -0.3 is 15.2 Å². The smallest absolute Gasteiger partial charge is 0.142 e. The van der Waals surface area contributed by atoms with E-state index in [0.717, 1.165) is 11.3 Å². The summed E-state index contributed by atoms with van der Waals surface area (Å²) in [6, 6.07) is 15.2. The molecule has 3 heteroatoms. The van der Waals surface area contributed by atoms with Crippen molar-refractivity contribution in [1.82, 2.24) is 0 Å². The number of para-hydroxylation sites is 3. The first-order chi connectivity index (χ1) is 8.31. The van der Waals surface area contributed by atoms with Crippen molar-refractivity contribution < 1.29 is 9.47 Å². The third kappa shape index (κ3) is 2.69. The molecule has 0 unspecified atom stereocenters. The Labute approximate surface area is 101 Å². The topological polar surface area (TPSA) is 44.5 Å². The van der Waals surface area contributed by atoms with Crippen LogP contribution in [0.1, 0.15) is 5.56 Å². The van der Waals surface area contributed by atoms with Gasteiger partial charge in [-0.2, -0.15) is 0 Å². The van der Waals surface area contributed by atoms with E-state index in [4.69, 9.17) is 15.2 Å². The highest BCUT2D eigenvalue weighted by Gasteiger charge is 2.03. The van der Waals surface area contributed by atoms with Crippen molar-refractivity contribution in [2.45, 2.75) is 6.61 Å². The van der Waals surface area contributed by atoms with Crippen molar-refractivity contribution in [1.29, 1.82) is 0 Å². The third-order valence-corrected chi connectivity index (χ3v) is 2.49. The Bertz CT molecular complexity index is 497. The second-order valence-corrected chi connectivity index (χ2v) is 3.64. The molecule has 0 saturated carbocycles. The first-order valence-corrected chi connectivity index (χ1v) is 5.40. The van der Waals surface area contributed by atoms with Crippen molar-refractivity contribution in [2.75, 3.05) is 12.8 Å². The molecule has 0 saturated heterocycles. The summed E-state index contributed by atoms with van der Waals surface area (Å²) in [5, 5.41) is 0.